The Morgan fingerprint density at radius 3 is 2.27 bits per heavy atom. The standard InChI is InChI=1S/C29H32Cl2FN3O4S/c1-4-20(2)33-29(37)27(16-21-10-6-5-7-11-21)34(18-22-12-8-9-13-25(22)32)28(36)19-35(40(3,38)39)26-17-23(30)14-15-24(26)31/h5-15,17,20,27H,4,16,18-19H2,1-3H3,(H,33,37). The first-order valence-corrected chi connectivity index (χ1v) is 15.3. The minimum absolute atomic E-state index is 0.0134. The van der Waals surface area contributed by atoms with Crippen LogP contribution in [0.1, 0.15) is 31.4 Å². The highest BCUT2D eigenvalue weighted by atomic mass is 35.5. The van der Waals surface area contributed by atoms with Gasteiger partial charge in [-0.15, -0.1) is 0 Å². The molecule has 214 valence electrons. The second-order valence-electron chi connectivity index (χ2n) is 9.50. The highest BCUT2D eigenvalue weighted by Gasteiger charge is 2.34. The van der Waals surface area contributed by atoms with Crippen molar-refractivity contribution in [1.82, 2.24) is 10.2 Å². The van der Waals surface area contributed by atoms with Gasteiger partial charge < -0.3 is 10.2 Å². The second kappa shape index (κ2) is 14.0. The minimum Gasteiger partial charge on any atom is -0.352 e. The van der Waals surface area contributed by atoms with E-state index in [1.165, 1.54) is 41.3 Å². The largest absolute Gasteiger partial charge is 0.352 e. The van der Waals surface area contributed by atoms with Crippen LogP contribution in [0.2, 0.25) is 10.0 Å². The fourth-order valence-electron chi connectivity index (χ4n) is 4.08. The van der Waals surface area contributed by atoms with Crippen molar-refractivity contribution in [3.63, 3.8) is 0 Å². The first-order chi connectivity index (χ1) is 18.9. The van der Waals surface area contributed by atoms with Crippen molar-refractivity contribution in [3.8, 4) is 0 Å². The molecule has 2 atom stereocenters. The molecule has 40 heavy (non-hydrogen) atoms. The number of hydrogen-bond donors (Lipinski definition) is 1. The zero-order chi connectivity index (χ0) is 29.4. The van der Waals surface area contributed by atoms with Crippen LogP contribution in [0, 0.1) is 5.82 Å². The fourth-order valence-corrected chi connectivity index (χ4v) is 5.37. The maximum absolute atomic E-state index is 14.8. The maximum atomic E-state index is 14.8. The van der Waals surface area contributed by atoms with Crippen LogP contribution in [0.3, 0.4) is 0 Å². The van der Waals surface area contributed by atoms with Crippen LogP contribution in [0.4, 0.5) is 10.1 Å². The van der Waals surface area contributed by atoms with Gasteiger partial charge in [0.25, 0.3) is 0 Å². The van der Waals surface area contributed by atoms with Crippen molar-refractivity contribution in [2.45, 2.75) is 45.3 Å². The number of sulfonamides is 1. The van der Waals surface area contributed by atoms with Crippen molar-refractivity contribution in [3.05, 3.63) is 99.8 Å². The molecule has 0 aliphatic rings. The summed E-state index contributed by atoms with van der Waals surface area (Å²) in [6.45, 7) is 2.80. The zero-order valence-electron chi connectivity index (χ0n) is 22.5. The first-order valence-electron chi connectivity index (χ1n) is 12.7. The van der Waals surface area contributed by atoms with Gasteiger partial charge in [0.05, 0.1) is 17.0 Å². The monoisotopic (exact) mass is 607 g/mol. The molecule has 3 rings (SSSR count). The normalized spacial score (nSPS) is 12.8. The summed E-state index contributed by atoms with van der Waals surface area (Å²) in [5.41, 5.74) is 0.965. The Morgan fingerprint density at radius 1 is 1.00 bits per heavy atom. The summed E-state index contributed by atoms with van der Waals surface area (Å²) < 4.78 is 41.4. The van der Waals surface area contributed by atoms with E-state index >= 15 is 0 Å². The van der Waals surface area contributed by atoms with Crippen molar-refractivity contribution in [2.75, 3.05) is 17.1 Å². The molecular weight excluding hydrogens is 576 g/mol. The van der Waals surface area contributed by atoms with Gasteiger partial charge in [0.2, 0.25) is 21.8 Å². The fraction of sp³-hybridized carbons (Fsp3) is 0.310. The van der Waals surface area contributed by atoms with Crippen LogP contribution >= 0.6 is 23.2 Å². The van der Waals surface area contributed by atoms with Crippen LogP contribution in [0.25, 0.3) is 0 Å². The molecule has 0 bridgehead atoms. The van der Waals surface area contributed by atoms with E-state index in [0.717, 1.165) is 16.1 Å². The lowest BCUT2D eigenvalue weighted by Gasteiger charge is -2.34. The van der Waals surface area contributed by atoms with Crippen LogP contribution in [-0.2, 0) is 32.6 Å². The molecule has 7 nitrogen and oxygen atoms in total. The number of rotatable bonds is 12. The Kier molecular flexibility index (Phi) is 11.0. The van der Waals surface area contributed by atoms with E-state index in [4.69, 9.17) is 23.2 Å². The van der Waals surface area contributed by atoms with Gasteiger partial charge in [-0.2, -0.15) is 0 Å². The lowest BCUT2D eigenvalue weighted by Crippen LogP contribution is -2.54. The SMILES string of the molecule is CCC(C)NC(=O)C(Cc1ccccc1)N(Cc1ccccc1F)C(=O)CN(c1cc(Cl)ccc1Cl)S(C)(=O)=O. The van der Waals surface area contributed by atoms with Gasteiger partial charge in [0.15, 0.2) is 0 Å². The Hall–Kier alpha value is -3.14. The van der Waals surface area contributed by atoms with E-state index in [1.807, 2.05) is 44.2 Å². The van der Waals surface area contributed by atoms with Gasteiger partial charge in [-0.25, -0.2) is 12.8 Å². The number of hydrogen-bond acceptors (Lipinski definition) is 4. The molecule has 11 heteroatoms. The summed E-state index contributed by atoms with van der Waals surface area (Å²) >= 11 is 12.4. The van der Waals surface area contributed by atoms with Crippen LogP contribution in [-0.4, -0.2) is 50.0 Å². The summed E-state index contributed by atoms with van der Waals surface area (Å²) in [6.07, 6.45) is 1.72. The van der Waals surface area contributed by atoms with E-state index in [-0.39, 0.29) is 40.3 Å². The number of nitrogens with zero attached hydrogens (tertiary/aromatic N) is 2. The Morgan fingerprint density at radius 2 is 1.65 bits per heavy atom. The van der Waals surface area contributed by atoms with Crippen molar-refractivity contribution in [1.29, 1.82) is 0 Å². The van der Waals surface area contributed by atoms with Crippen LogP contribution in [0.5, 0.6) is 0 Å². The molecule has 0 spiro atoms. The van der Waals surface area contributed by atoms with Gasteiger partial charge in [-0.3, -0.25) is 13.9 Å². The number of benzene rings is 3. The minimum atomic E-state index is -4.03. The summed E-state index contributed by atoms with van der Waals surface area (Å²) in [4.78, 5) is 28.9. The van der Waals surface area contributed by atoms with Crippen molar-refractivity contribution >= 4 is 50.7 Å². The average molecular weight is 609 g/mol. The highest BCUT2D eigenvalue weighted by Crippen LogP contribution is 2.31. The van der Waals surface area contributed by atoms with Gasteiger partial charge >= 0.3 is 0 Å². The molecule has 3 aromatic rings. The van der Waals surface area contributed by atoms with Crippen LogP contribution < -0.4 is 9.62 Å². The molecule has 1 N–H and O–H groups in total. The van der Waals surface area contributed by atoms with Gasteiger partial charge in [0.1, 0.15) is 18.4 Å². The molecule has 0 aliphatic heterocycles. The smallest absolute Gasteiger partial charge is 0.244 e. The van der Waals surface area contributed by atoms with E-state index in [0.29, 0.717) is 6.42 Å². The topological polar surface area (TPSA) is 86.8 Å². The predicted octanol–water partition coefficient (Wildman–Crippen LogP) is 5.45. The molecular formula is C29H32Cl2FN3O4S. The molecule has 0 saturated heterocycles. The molecule has 0 saturated carbocycles. The molecule has 2 amide bonds. The lowest BCUT2D eigenvalue weighted by molar-refractivity contribution is -0.140. The maximum Gasteiger partial charge on any atom is 0.244 e. The van der Waals surface area contributed by atoms with E-state index in [2.05, 4.69) is 5.32 Å². The third-order valence-corrected chi connectivity index (χ3v) is 8.11. The van der Waals surface area contributed by atoms with E-state index in [1.54, 1.807) is 6.07 Å². The van der Waals surface area contributed by atoms with Gasteiger partial charge in [-0.1, -0.05) is 78.7 Å². The van der Waals surface area contributed by atoms with Gasteiger partial charge in [-0.05, 0) is 43.2 Å². The third-order valence-electron chi connectivity index (χ3n) is 6.43. The van der Waals surface area contributed by atoms with Crippen molar-refractivity contribution < 1.29 is 22.4 Å². The lowest BCUT2D eigenvalue weighted by atomic mass is 10.0. The van der Waals surface area contributed by atoms with E-state index in [9.17, 15) is 22.4 Å². The number of nitrogens with one attached hydrogen (secondary N) is 1. The molecule has 0 aliphatic carbocycles. The average Bonchev–Trinajstić information content (AvgIpc) is 2.91. The molecule has 0 heterocycles. The highest BCUT2D eigenvalue weighted by molar-refractivity contribution is 7.92. The molecule has 3 aromatic carbocycles. The molecule has 0 aromatic heterocycles. The Bertz CT molecular complexity index is 1440. The number of carbonyl (C=O) groups excluding carboxylic acids is 2. The molecule has 2 unspecified atom stereocenters. The third kappa shape index (κ3) is 8.43. The van der Waals surface area contributed by atoms with Crippen molar-refractivity contribution in [2.24, 2.45) is 0 Å². The summed E-state index contributed by atoms with van der Waals surface area (Å²) in [5, 5.41) is 3.21. The zero-order valence-corrected chi connectivity index (χ0v) is 24.8. The quantitative estimate of drug-likeness (QED) is 0.296. The summed E-state index contributed by atoms with van der Waals surface area (Å²) in [6, 6.07) is 18.0. The van der Waals surface area contributed by atoms with Gasteiger partial charge in [0, 0.05) is 29.6 Å². The Labute approximate surface area is 244 Å². The number of carbonyl (C=O) groups is 2. The number of halogens is 3. The summed E-state index contributed by atoms with van der Waals surface area (Å²) in [5.74, 6) is -1.71. The van der Waals surface area contributed by atoms with Crippen LogP contribution in [0.15, 0.2) is 72.8 Å². The summed E-state index contributed by atoms with van der Waals surface area (Å²) in [7, 11) is -4.03. The molecule has 0 fully saturated rings. The second-order valence-corrected chi connectivity index (χ2v) is 12.3. The first kappa shape index (κ1) is 31.4. The number of anilines is 1. The Balaban J connectivity index is 2.10. The molecule has 0 radical (unpaired) electrons. The number of amides is 2. The van der Waals surface area contributed by atoms with E-state index < -0.39 is 40.2 Å². The predicted molar refractivity (Wildman–Crippen MR) is 157 cm³/mol.